The molecule has 1 aromatic carbocycles. The van der Waals surface area contributed by atoms with E-state index in [0.717, 1.165) is 41.6 Å². The summed E-state index contributed by atoms with van der Waals surface area (Å²) < 4.78 is 28.5. The average Bonchev–Trinajstić information content (AvgIpc) is 2.90. The third-order valence-corrected chi connectivity index (χ3v) is 5.08. The Kier molecular flexibility index (Phi) is 9.31. The van der Waals surface area contributed by atoms with Crippen LogP contribution in [-0.2, 0) is 22.8 Å². The first-order valence-corrected chi connectivity index (χ1v) is 10.6. The van der Waals surface area contributed by atoms with Gasteiger partial charge in [0.1, 0.15) is 11.5 Å². The Balaban J connectivity index is 0.00000364. The number of hydrogen-bond acceptors (Lipinski definition) is 4. The van der Waals surface area contributed by atoms with Crippen LogP contribution in [0, 0.1) is 13.8 Å². The lowest BCUT2D eigenvalue weighted by atomic mass is 10.1. The Bertz CT molecular complexity index is 859. The van der Waals surface area contributed by atoms with Crippen LogP contribution in [0.1, 0.15) is 29.6 Å². The molecule has 0 spiro atoms. The maximum atomic E-state index is 11.5. The van der Waals surface area contributed by atoms with Crippen molar-refractivity contribution in [3.8, 4) is 0 Å². The van der Waals surface area contributed by atoms with Crippen molar-refractivity contribution in [1.29, 1.82) is 0 Å². The van der Waals surface area contributed by atoms with Gasteiger partial charge in [0.2, 0.25) is 0 Å². The highest BCUT2D eigenvalue weighted by Crippen LogP contribution is 2.14. The molecule has 0 aliphatic carbocycles. The molecule has 150 valence electrons. The molecule has 0 saturated carbocycles. The summed E-state index contributed by atoms with van der Waals surface area (Å²) in [6.07, 6.45) is 1.99. The molecule has 0 fully saturated rings. The molecule has 1 heterocycles. The van der Waals surface area contributed by atoms with E-state index in [1.165, 1.54) is 6.26 Å². The molecular formula is C19H28IN3O3S. The highest BCUT2D eigenvalue weighted by atomic mass is 127. The van der Waals surface area contributed by atoms with E-state index in [1.807, 2.05) is 39.0 Å². The van der Waals surface area contributed by atoms with Gasteiger partial charge in [-0.05, 0) is 51.0 Å². The van der Waals surface area contributed by atoms with Crippen LogP contribution < -0.4 is 10.6 Å². The number of nitrogens with one attached hydrogen (secondary N) is 2. The van der Waals surface area contributed by atoms with E-state index >= 15 is 0 Å². The highest BCUT2D eigenvalue weighted by Gasteiger charge is 2.07. The van der Waals surface area contributed by atoms with Crippen molar-refractivity contribution in [2.75, 3.05) is 19.3 Å². The van der Waals surface area contributed by atoms with E-state index in [9.17, 15) is 8.42 Å². The highest BCUT2D eigenvalue weighted by molar-refractivity contribution is 14.0. The molecule has 0 radical (unpaired) electrons. The van der Waals surface area contributed by atoms with E-state index in [2.05, 4.69) is 15.6 Å². The van der Waals surface area contributed by atoms with Gasteiger partial charge in [-0.25, -0.2) is 13.4 Å². The Morgan fingerprint density at radius 3 is 2.33 bits per heavy atom. The van der Waals surface area contributed by atoms with Gasteiger partial charge in [0.05, 0.1) is 11.4 Å². The van der Waals surface area contributed by atoms with Gasteiger partial charge in [0.25, 0.3) is 0 Å². The van der Waals surface area contributed by atoms with Gasteiger partial charge >= 0.3 is 0 Å². The van der Waals surface area contributed by atoms with Gasteiger partial charge in [-0.15, -0.1) is 24.0 Å². The SMILES string of the molecule is CCNC(=NCc1cc(C)oc1C)NCCc1ccc(S(C)(=O)=O)cc1.I. The van der Waals surface area contributed by atoms with Crippen molar-refractivity contribution in [2.24, 2.45) is 4.99 Å². The van der Waals surface area contributed by atoms with E-state index in [4.69, 9.17) is 4.42 Å². The number of halogens is 1. The van der Waals surface area contributed by atoms with Gasteiger partial charge in [0, 0.05) is 24.9 Å². The zero-order valence-corrected chi connectivity index (χ0v) is 19.4. The summed E-state index contributed by atoms with van der Waals surface area (Å²) in [6.45, 7) is 7.93. The van der Waals surface area contributed by atoms with Crippen LogP contribution in [0.3, 0.4) is 0 Å². The maximum absolute atomic E-state index is 11.5. The molecule has 0 atom stereocenters. The van der Waals surface area contributed by atoms with Crippen LogP contribution in [0.2, 0.25) is 0 Å². The summed E-state index contributed by atoms with van der Waals surface area (Å²) in [5.41, 5.74) is 2.15. The first-order valence-electron chi connectivity index (χ1n) is 8.66. The lowest BCUT2D eigenvalue weighted by molar-refractivity contribution is 0.501. The molecule has 27 heavy (non-hydrogen) atoms. The Hall–Kier alpha value is -1.55. The molecule has 1 aromatic heterocycles. The molecule has 0 amide bonds. The van der Waals surface area contributed by atoms with Crippen LogP contribution in [0.15, 0.2) is 44.6 Å². The fraction of sp³-hybridized carbons (Fsp3) is 0.421. The molecule has 0 bridgehead atoms. The zero-order valence-electron chi connectivity index (χ0n) is 16.2. The van der Waals surface area contributed by atoms with E-state index in [0.29, 0.717) is 18.0 Å². The largest absolute Gasteiger partial charge is 0.466 e. The second-order valence-electron chi connectivity index (χ2n) is 6.23. The minimum absolute atomic E-state index is 0. The van der Waals surface area contributed by atoms with Gasteiger partial charge < -0.3 is 15.1 Å². The summed E-state index contributed by atoms with van der Waals surface area (Å²) >= 11 is 0. The fourth-order valence-electron chi connectivity index (χ4n) is 2.57. The number of aryl methyl sites for hydroxylation is 2. The molecule has 2 aromatic rings. The smallest absolute Gasteiger partial charge is 0.191 e. The molecule has 2 rings (SSSR count). The average molecular weight is 505 g/mol. The molecule has 0 saturated heterocycles. The number of sulfone groups is 1. The molecule has 2 N–H and O–H groups in total. The van der Waals surface area contributed by atoms with Crippen molar-refractivity contribution in [3.05, 3.63) is 53.0 Å². The van der Waals surface area contributed by atoms with Crippen molar-refractivity contribution >= 4 is 39.8 Å². The molecular weight excluding hydrogens is 477 g/mol. The quantitative estimate of drug-likeness (QED) is 0.343. The predicted octanol–water partition coefficient (Wildman–Crippen LogP) is 3.22. The topological polar surface area (TPSA) is 83.7 Å². The lowest BCUT2D eigenvalue weighted by Crippen LogP contribution is -2.38. The Morgan fingerprint density at radius 1 is 1.15 bits per heavy atom. The second kappa shape index (κ2) is 10.7. The number of hydrogen-bond donors (Lipinski definition) is 2. The number of furan rings is 1. The number of guanidine groups is 1. The fourth-order valence-corrected chi connectivity index (χ4v) is 3.21. The number of nitrogens with zero attached hydrogens (tertiary/aromatic N) is 1. The van der Waals surface area contributed by atoms with Gasteiger partial charge in [-0.3, -0.25) is 0 Å². The first-order chi connectivity index (χ1) is 12.3. The molecule has 0 aliphatic rings. The van der Waals surface area contributed by atoms with Gasteiger partial charge in [0.15, 0.2) is 15.8 Å². The third-order valence-electron chi connectivity index (χ3n) is 3.95. The third kappa shape index (κ3) is 7.53. The van der Waals surface area contributed by atoms with Crippen molar-refractivity contribution in [3.63, 3.8) is 0 Å². The van der Waals surface area contributed by atoms with E-state index in [1.54, 1.807) is 12.1 Å². The van der Waals surface area contributed by atoms with E-state index < -0.39 is 9.84 Å². The minimum Gasteiger partial charge on any atom is -0.466 e. The molecule has 6 nitrogen and oxygen atoms in total. The first kappa shape index (κ1) is 23.5. The predicted molar refractivity (Wildman–Crippen MR) is 120 cm³/mol. The second-order valence-corrected chi connectivity index (χ2v) is 8.24. The number of benzene rings is 1. The van der Waals surface area contributed by atoms with E-state index in [-0.39, 0.29) is 24.0 Å². The number of rotatable bonds is 7. The van der Waals surface area contributed by atoms with Crippen LogP contribution in [-0.4, -0.2) is 33.7 Å². The van der Waals surface area contributed by atoms with Crippen LogP contribution >= 0.6 is 24.0 Å². The molecule has 0 unspecified atom stereocenters. The Labute approximate surface area is 178 Å². The maximum Gasteiger partial charge on any atom is 0.191 e. The van der Waals surface area contributed by atoms with Crippen molar-refractivity contribution < 1.29 is 12.8 Å². The number of aliphatic imine (C=N–C) groups is 1. The lowest BCUT2D eigenvalue weighted by Gasteiger charge is -2.11. The summed E-state index contributed by atoms with van der Waals surface area (Å²) in [5.74, 6) is 2.54. The molecule has 0 aliphatic heterocycles. The monoisotopic (exact) mass is 505 g/mol. The van der Waals surface area contributed by atoms with Crippen LogP contribution in [0.4, 0.5) is 0 Å². The zero-order chi connectivity index (χ0) is 19.2. The standard InChI is InChI=1S/C19H27N3O3S.HI/c1-5-20-19(22-13-17-12-14(2)25-15(17)3)21-11-10-16-6-8-18(9-7-16)26(4,23)24;/h6-9,12H,5,10-11,13H2,1-4H3,(H2,20,21,22);1H. The summed E-state index contributed by atoms with van der Waals surface area (Å²) in [7, 11) is -3.15. The minimum atomic E-state index is -3.15. The van der Waals surface area contributed by atoms with Gasteiger partial charge in [-0.2, -0.15) is 0 Å². The van der Waals surface area contributed by atoms with Crippen molar-refractivity contribution in [1.82, 2.24) is 10.6 Å². The van der Waals surface area contributed by atoms with Crippen LogP contribution in [0.25, 0.3) is 0 Å². The Morgan fingerprint density at radius 2 is 1.81 bits per heavy atom. The summed E-state index contributed by atoms with van der Waals surface area (Å²) in [5, 5.41) is 6.52. The molecule has 8 heteroatoms. The normalized spacial score (nSPS) is 11.8. The van der Waals surface area contributed by atoms with Gasteiger partial charge in [-0.1, -0.05) is 12.1 Å². The summed E-state index contributed by atoms with van der Waals surface area (Å²) in [6, 6.07) is 8.99. The van der Waals surface area contributed by atoms with Crippen LogP contribution in [0.5, 0.6) is 0 Å². The summed E-state index contributed by atoms with van der Waals surface area (Å²) in [4.78, 5) is 4.93. The van der Waals surface area contributed by atoms with Crippen molar-refractivity contribution in [2.45, 2.75) is 38.6 Å².